The molecular weight excluding hydrogens is 268 g/mol. The largest absolute Gasteiger partial charge is 0.456 e. The lowest BCUT2D eigenvalue weighted by atomic mass is 10.1. The van der Waals surface area contributed by atoms with Gasteiger partial charge in [0.05, 0.1) is 0 Å². The summed E-state index contributed by atoms with van der Waals surface area (Å²) >= 11 is 0. The number of carbonyl (C=O) groups excluding carboxylic acids is 1. The minimum absolute atomic E-state index is 0.260. The minimum atomic E-state index is -0.260. The second-order valence-electron chi connectivity index (χ2n) is 4.54. The molecule has 0 aliphatic carbocycles. The Labute approximate surface area is 121 Å². The molecule has 21 heavy (non-hydrogen) atoms. The number of rotatable bonds is 4. The van der Waals surface area contributed by atoms with Crippen molar-refractivity contribution < 1.29 is 13.7 Å². The Balaban J connectivity index is 1.71. The monoisotopic (exact) mass is 282 g/mol. The first-order chi connectivity index (χ1) is 10.3. The molecule has 0 saturated carbocycles. The fourth-order valence-corrected chi connectivity index (χ4v) is 1.97. The van der Waals surface area contributed by atoms with E-state index in [1.807, 2.05) is 37.3 Å². The van der Waals surface area contributed by atoms with Crippen LogP contribution in [0, 0.1) is 0 Å². The number of hydrogen-bond acceptors (Lipinski definition) is 4. The van der Waals surface area contributed by atoms with E-state index in [1.165, 1.54) is 6.26 Å². The van der Waals surface area contributed by atoms with Gasteiger partial charge in [-0.1, -0.05) is 24.2 Å². The lowest BCUT2D eigenvalue weighted by Gasteiger charge is -2.04. The van der Waals surface area contributed by atoms with Crippen molar-refractivity contribution in [3.8, 4) is 11.3 Å². The zero-order valence-electron chi connectivity index (χ0n) is 11.5. The van der Waals surface area contributed by atoms with E-state index < -0.39 is 0 Å². The number of amides is 1. The van der Waals surface area contributed by atoms with E-state index in [0.717, 1.165) is 23.4 Å². The van der Waals surface area contributed by atoms with Crippen molar-refractivity contribution in [3.63, 3.8) is 0 Å². The third kappa shape index (κ3) is 2.86. The highest BCUT2D eigenvalue weighted by atomic mass is 16.5. The molecule has 0 aliphatic rings. The molecule has 2 heterocycles. The zero-order chi connectivity index (χ0) is 14.7. The summed E-state index contributed by atoms with van der Waals surface area (Å²) in [6.45, 7) is 1.98. The summed E-state index contributed by atoms with van der Waals surface area (Å²) in [5.41, 5.74) is 2.38. The first-order valence-electron chi connectivity index (χ1n) is 6.67. The molecule has 0 atom stereocenters. The topological polar surface area (TPSA) is 68.3 Å². The van der Waals surface area contributed by atoms with Gasteiger partial charge in [-0.3, -0.25) is 4.79 Å². The van der Waals surface area contributed by atoms with Crippen molar-refractivity contribution in [1.29, 1.82) is 0 Å². The summed E-state index contributed by atoms with van der Waals surface area (Å²) in [6, 6.07) is 12.6. The Kier molecular flexibility index (Phi) is 3.55. The van der Waals surface area contributed by atoms with Crippen LogP contribution in [0.1, 0.15) is 23.2 Å². The Hall–Kier alpha value is -2.82. The number of anilines is 1. The molecule has 1 amide bonds. The van der Waals surface area contributed by atoms with Crippen LogP contribution in [0.15, 0.2) is 57.7 Å². The van der Waals surface area contributed by atoms with Gasteiger partial charge >= 0.3 is 0 Å². The summed E-state index contributed by atoms with van der Waals surface area (Å²) in [5.74, 6) is 0.845. The van der Waals surface area contributed by atoms with Crippen molar-refractivity contribution in [3.05, 3.63) is 60.2 Å². The third-order valence-electron chi connectivity index (χ3n) is 3.11. The van der Waals surface area contributed by atoms with E-state index in [1.54, 1.807) is 12.1 Å². The molecule has 1 N–H and O–H groups in total. The molecule has 0 saturated heterocycles. The highest BCUT2D eigenvalue weighted by Crippen LogP contribution is 2.20. The van der Waals surface area contributed by atoms with E-state index in [0.29, 0.717) is 11.4 Å². The standard InChI is InChI=1S/C16H14N2O3/c1-2-13-7-8-15(21-13)16(19)17-12-5-3-11(4-6-12)14-9-10-20-18-14/h3-10H,2H2,1H3,(H,17,19). The molecule has 0 bridgehead atoms. The number of hydrogen-bond donors (Lipinski definition) is 1. The van der Waals surface area contributed by atoms with Crippen LogP contribution < -0.4 is 5.32 Å². The van der Waals surface area contributed by atoms with E-state index >= 15 is 0 Å². The van der Waals surface area contributed by atoms with Gasteiger partial charge in [0.2, 0.25) is 0 Å². The van der Waals surface area contributed by atoms with Crippen LogP contribution in [0.4, 0.5) is 5.69 Å². The van der Waals surface area contributed by atoms with Crippen molar-refractivity contribution in [2.45, 2.75) is 13.3 Å². The normalized spacial score (nSPS) is 10.5. The van der Waals surface area contributed by atoms with Crippen LogP contribution >= 0.6 is 0 Å². The molecule has 2 aromatic heterocycles. The van der Waals surface area contributed by atoms with Crippen LogP contribution in [0.25, 0.3) is 11.3 Å². The average molecular weight is 282 g/mol. The fourth-order valence-electron chi connectivity index (χ4n) is 1.97. The van der Waals surface area contributed by atoms with Crippen LogP contribution in [-0.4, -0.2) is 11.1 Å². The predicted octanol–water partition coefficient (Wildman–Crippen LogP) is 3.75. The van der Waals surface area contributed by atoms with Crippen LogP contribution in [0.5, 0.6) is 0 Å². The maximum Gasteiger partial charge on any atom is 0.291 e. The van der Waals surface area contributed by atoms with Gasteiger partial charge in [-0.25, -0.2) is 0 Å². The maximum absolute atomic E-state index is 12.0. The first-order valence-corrected chi connectivity index (χ1v) is 6.67. The lowest BCUT2D eigenvalue weighted by Crippen LogP contribution is -2.10. The van der Waals surface area contributed by atoms with Crippen LogP contribution in [-0.2, 0) is 6.42 Å². The lowest BCUT2D eigenvalue weighted by molar-refractivity contribution is 0.0995. The molecule has 5 nitrogen and oxygen atoms in total. The Morgan fingerprint density at radius 3 is 2.57 bits per heavy atom. The van der Waals surface area contributed by atoms with E-state index in [9.17, 15) is 4.79 Å². The summed E-state index contributed by atoms with van der Waals surface area (Å²) < 4.78 is 10.2. The summed E-state index contributed by atoms with van der Waals surface area (Å²) in [6.07, 6.45) is 2.28. The quantitative estimate of drug-likeness (QED) is 0.791. The molecule has 3 aromatic rings. The smallest absolute Gasteiger partial charge is 0.291 e. The van der Waals surface area contributed by atoms with E-state index in [-0.39, 0.29) is 5.91 Å². The number of carbonyl (C=O) groups is 1. The van der Waals surface area contributed by atoms with E-state index in [2.05, 4.69) is 10.5 Å². The fraction of sp³-hybridized carbons (Fsp3) is 0.125. The number of aryl methyl sites for hydroxylation is 1. The molecule has 0 unspecified atom stereocenters. The van der Waals surface area contributed by atoms with Gasteiger partial charge in [-0.05, 0) is 24.3 Å². The van der Waals surface area contributed by atoms with E-state index in [4.69, 9.17) is 8.94 Å². The highest BCUT2D eigenvalue weighted by molar-refractivity contribution is 6.02. The van der Waals surface area contributed by atoms with Gasteiger partial charge in [0.25, 0.3) is 5.91 Å². The SMILES string of the molecule is CCc1ccc(C(=O)Nc2ccc(-c3ccon3)cc2)o1. The molecule has 0 spiro atoms. The summed E-state index contributed by atoms with van der Waals surface area (Å²) in [7, 11) is 0. The van der Waals surface area contributed by atoms with Crippen molar-refractivity contribution in [2.75, 3.05) is 5.32 Å². The Morgan fingerprint density at radius 2 is 1.95 bits per heavy atom. The molecule has 3 rings (SSSR count). The maximum atomic E-state index is 12.0. The second-order valence-corrected chi connectivity index (χ2v) is 4.54. The highest BCUT2D eigenvalue weighted by Gasteiger charge is 2.11. The average Bonchev–Trinajstić information content (AvgIpc) is 3.19. The number of nitrogens with one attached hydrogen (secondary N) is 1. The zero-order valence-corrected chi connectivity index (χ0v) is 11.5. The minimum Gasteiger partial charge on any atom is -0.456 e. The summed E-state index contributed by atoms with van der Waals surface area (Å²) in [5, 5.41) is 6.65. The molecule has 0 aliphatic heterocycles. The van der Waals surface area contributed by atoms with Crippen molar-refractivity contribution in [2.24, 2.45) is 0 Å². The number of furan rings is 1. The Bertz CT molecular complexity index is 727. The molecule has 5 heteroatoms. The van der Waals surface area contributed by atoms with Crippen LogP contribution in [0.3, 0.4) is 0 Å². The van der Waals surface area contributed by atoms with Crippen molar-refractivity contribution >= 4 is 11.6 Å². The van der Waals surface area contributed by atoms with Gasteiger partial charge in [0.15, 0.2) is 5.76 Å². The van der Waals surface area contributed by atoms with Crippen molar-refractivity contribution in [1.82, 2.24) is 5.16 Å². The van der Waals surface area contributed by atoms with Gasteiger partial charge < -0.3 is 14.3 Å². The molecular formula is C16H14N2O3. The molecule has 106 valence electrons. The van der Waals surface area contributed by atoms with Gasteiger partial charge in [0.1, 0.15) is 17.7 Å². The number of nitrogens with zero attached hydrogens (tertiary/aromatic N) is 1. The van der Waals surface area contributed by atoms with Crippen LogP contribution in [0.2, 0.25) is 0 Å². The number of benzene rings is 1. The Morgan fingerprint density at radius 1 is 1.14 bits per heavy atom. The summed E-state index contributed by atoms with van der Waals surface area (Å²) in [4.78, 5) is 12.0. The predicted molar refractivity (Wildman–Crippen MR) is 78.0 cm³/mol. The van der Waals surface area contributed by atoms with Gasteiger partial charge in [-0.15, -0.1) is 0 Å². The molecule has 0 fully saturated rings. The second kappa shape index (κ2) is 5.66. The molecule has 1 aromatic carbocycles. The molecule has 0 radical (unpaired) electrons. The first kappa shape index (κ1) is 13.2. The van der Waals surface area contributed by atoms with Gasteiger partial charge in [-0.2, -0.15) is 0 Å². The van der Waals surface area contributed by atoms with Gasteiger partial charge in [0, 0.05) is 23.7 Å². The number of aromatic nitrogens is 1. The third-order valence-corrected chi connectivity index (χ3v) is 3.11.